The van der Waals surface area contributed by atoms with E-state index in [1.54, 1.807) is 6.20 Å². The van der Waals surface area contributed by atoms with E-state index in [9.17, 15) is 4.79 Å². The summed E-state index contributed by atoms with van der Waals surface area (Å²) in [7, 11) is 0. The highest BCUT2D eigenvalue weighted by molar-refractivity contribution is 5.77. The van der Waals surface area contributed by atoms with Gasteiger partial charge < -0.3 is 15.8 Å². The summed E-state index contributed by atoms with van der Waals surface area (Å²) in [4.78, 5) is 15.8. The quantitative estimate of drug-likeness (QED) is 0.761. The predicted octanol–water partition coefficient (Wildman–Crippen LogP) is 1.03. The van der Waals surface area contributed by atoms with Gasteiger partial charge in [0.25, 0.3) is 0 Å². The van der Waals surface area contributed by atoms with Crippen LogP contribution in [0.2, 0.25) is 0 Å². The van der Waals surface area contributed by atoms with Crippen molar-refractivity contribution in [2.24, 2.45) is 5.73 Å². The van der Waals surface area contributed by atoms with Gasteiger partial charge in [0, 0.05) is 24.5 Å². The highest BCUT2D eigenvalue weighted by Crippen LogP contribution is 2.19. The van der Waals surface area contributed by atoms with Gasteiger partial charge in [-0.2, -0.15) is 0 Å². The van der Waals surface area contributed by atoms with Crippen LogP contribution in [-0.2, 0) is 16.0 Å². The molecule has 0 spiro atoms. The Morgan fingerprint density at radius 3 is 2.85 bits per heavy atom. The average molecular weight is 277 g/mol. The molecule has 0 aromatic carbocycles. The van der Waals surface area contributed by atoms with E-state index in [1.165, 1.54) is 0 Å². The Kier molecular flexibility index (Phi) is 5.95. The Morgan fingerprint density at radius 2 is 2.15 bits per heavy atom. The molecule has 3 N–H and O–H groups in total. The number of nitrogens with two attached hydrogens (primary N) is 1. The number of rotatable bonds is 6. The SMILES string of the molecule is NC1CCC(OCCNC(=O)Cc2ccccn2)CC1. The Morgan fingerprint density at radius 1 is 1.35 bits per heavy atom. The maximum absolute atomic E-state index is 11.7. The van der Waals surface area contributed by atoms with E-state index in [4.69, 9.17) is 10.5 Å². The molecule has 0 aliphatic heterocycles. The molecule has 1 aromatic heterocycles. The van der Waals surface area contributed by atoms with Crippen molar-refractivity contribution in [2.75, 3.05) is 13.2 Å². The Balaban J connectivity index is 1.56. The topological polar surface area (TPSA) is 77.2 Å². The fourth-order valence-corrected chi connectivity index (χ4v) is 2.40. The maximum Gasteiger partial charge on any atom is 0.226 e. The lowest BCUT2D eigenvalue weighted by molar-refractivity contribution is -0.120. The van der Waals surface area contributed by atoms with Crippen LogP contribution in [0.1, 0.15) is 31.4 Å². The molecule has 5 heteroatoms. The van der Waals surface area contributed by atoms with Crippen molar-refractivity contribution in [3.63, 3.8) is 0 Å². The Hall–Kier alpha value is -1.46. The minimum absolute atomic E-state index is 0.0158. The molecule has 2 rings (SSSR count). The van der Waals surface area contributed by atoms with E-state index in [0.29, 0.717) is 31.7 Å². The monoisotopic (exact) mass is 277 g/mol. The second kappa shape index (κ2) is 7.97. The summed E-state index contributed by atoms with van der Waals surface area (Å²) < 4.78 is 5.75. The minimum atomic E-state index is -0.0158. The first-order valence-electron chi connectivity index (χ1n) is 7.28. The molecular formula is C15H23N3O2. The average Bonchev–Trinajstić information content (AvgIpc) is 2.46. The van der Waals surface area contributed by atoms with Crippen molar-refractivity contribution in [3.8, 4) is 0 Å². The van der Waals surface area contributed by atoms with E-state index in [-0.39, 0.29) is 5.91 Å². The largest absolute Gasteiger partial charge is 0.376 e. The van der Waals surface area contributed by atoms with E-state index in [0.717, 1.165) is 31.4 Å². The summed E-state index contributed by atoms with van der Waals surface area (Å²) in [6.45, 7) is 1.11. The first kappa shape index (κ1) is 14.9. The van der Waals surface area contributed by atoms with E-state index in [2.05, 4.69) is 10.3 Å². The van der Waals surface area contributed by atoms with Gasteiger partial charge in [-0.3, -0.25) is 9.78 Å². The number of hydrogen-bond donors (Lipinski definition) is 2. The normalized spacial score (nSPS) is 22.4. The molecule has 0 unspecified atom stereocenters. The molecule has 0 bridgehead atoms. The third-order valence-electron chi connectivity index (χ3n) is 3.56. The van der Waals surface area contributed by atoms with Crippen LogP contribution < -0.4 is 11.1 Å². The third kappa shape index (κ3) is 5.27. The fraction of sp³-hybridized carbons (Fsp3) is 0.600. The van der Waals surface area contributed by atoms with Gasteiger partial charge in [0.15, 0.2) is 0 Å². The summed E-state index contributed by atoms with van der Waals surface area (Å²) in [5.74, 6) is -0.0158. The number of nitrogens with zero attached hydrogens (tertiary/aromatic N) is 1. The molecule has 20 heavy (non-hydrogen) atoms. The summed E-state index contributed by atoms with van der Waals surface area (Å²) in [6.07, 6.45) is 6.46. The number of pyridine rings is 1. The van der Waals surface area contributed by atoms with Crippen LogP contribution in [0.15, 0.2) is 24.4 Å². The summed E-state index contributed by atoms with van der Waals surface area (Å²) in [6, 6.07) is 5.91. The van der Waals surface area contributed by atoms with Crippen LogP contribution in [-0.4, -0.2) is 36.2 Å². The molecule has 1 heterocycles. The number of ether oxygens (including phenoxy) is 1. The molecule has 1 fully saturated rings. The second-order valence-corrected chi connectivity index (χ2v) is 5.26. The third-order valence-corrected chi connectivity index (χ3v) is 3.56. The van der Waals surface area contributed by atoms with Crippen molar-refractivity contribution in [1.29, 1.82) is 0 Å². The lowest BCUT2D eigenvalue weighted by Gasteiger charge is -2.26. The molecule has 0 radical (unpaired) electrons. The molecule has 0 saturated heterocycles. The summed E-state index contributed by atoms with van der Waals surface area (Å²) >= 11 is 0. The lowest BCUT2D eigenvalue weighted by Crippen LogP contribution is -2.33. The predicted molar refractivity (Wildman–Crippen MR) is 77.1 cm³/mol. The zero-order valence-corrected chi connectivity index (χ0v) is 11.8. The van der Waals surface area contributed by atoms with Gasteiger partial charge in [-0.25, -0.2) is 0 Å². The zero-order chi connectivity index (χ0) is 14.2. The van der Waals surface area contributed by atoms with Crippen LogP contribution >= 0.6 is 0 Å². The Bertz CT molecular complexity index is 403. The first-order valence-corrected chi connectivity index (χ1v) is 7.28. The van der Waals surface area contributed by atoms with Gasteiger partial charge in [-0.15, -0.1) is 0 Å². The summed E-state index contributed by atoms with van der Waals surface area (Å²) in [5, 5.41) is 2.85. The molecule has 1 aliphatic carbocycles. The fourth-order valence-electron chi connectivity index (χ4n) is 2.40. The van der Waals surface area contributed by atoms with Crippen molar-refractivity contribution in [3.05, 3.63) is 30.1 Å². The van der Waals surface area contributed by atoms with Gasteiger partial charge in [-0.05, 0) is 37.8 Å². The smallest absolute Gasteiger partial charge is 0.226 e. The van der Waals surface area contributed by atoms with Gasteiger partial charge in [0.1, 0.15) is 0 Å². The van der Waals surface area contributed by atoms with Crippen LogP contribution in [0.4, 0.5) is 0 Å². The molecule has 1 aliphatic rings. The van der Waals surface area contributed by atoms with Crippen molar-refractivity contribution < 1.29 is 9.53 Å². The molecule has 1 saturated carbocycles. The number of carbonyl (C=O) groups is 1. The number of hydrogen-bond acceptors (Lipinski definition) is 4. The first-order chi connectivity index (χ1) is 9.74. The van der Waals surface area contributed by atoms with E-state index in [1.807, 2.05) is 18.2 Å². The zero-order valence-electron chi connectivity index (χ0n) is 11.8. The van der Waals surface area contributed by atoms with Crippen molar-refractivity contribution >= 4 is 5.91 Å². The van der Waals surface area contributed by atoms with Crippen molar-refractivity contribution in [2.45, 2.75) is 44.2 Å². The molecular weight excluding hydrogens is 254 g/mol. The molecule has 5 nitrogen and oxygen atoms in total. The minimum Gasteiger partial charge on any atom is -0.376 e. The van der Waals surface area contributed by atoms with Gasteiger partial charge in [0.2, 0.25) is 5.91 Å². The maximum atomic E-state index is 11.7. The molecule has 0 atom stereocenters. The number of nitrogens with one attached hydrogen (secondary N) is 1. The number of amides is 1. The van der Waals surface area contributed by atoms with Crippen LogP contribution in [0.5, 0.6) is 0 Å². The Labute approximate surface area is 119 Å². The lowest BCUT2D eigenvalue weighted by atomic mass is 9.94. The highest BCUT2D eigenvalue weighted by atomic mass is 16.5. The van der Waals surface area contributed by atoms with Crippen LogP contribution in [0, 0.1) is 0 Å². The molecule has 110 valence electrons. The number of carbonyl (C=O) groups excluding carboxylic acids is 1. The molecule has 1 amide bonds. The van der Waals surface area contributed by atoms with E-state index >= 15 is 0 Å². The van der Waals surface area contributed by atoms with Gasteiger partial charge in [-0.1, -0.05) is 6.07 Å². The molecule has 1 aromatic rings. The van der Waals surface area contributed by atoms with Crippen LogP contribution in [0.3, 0.4) is 0 Å². The van der Waals surface area contributed by atoms with E-state index < -0.39 is 0 Å². The van der Waals surface area contributed by atoms with Gasteiger partial charge >= 0.3 is 0 Å². The second-order valence-electron chi connectivity index (χ2n) is 5.26. The highest BCUT2D eigenvalue weighted by Gasteiger charge is 2.18. The van der Waals surface area contributed by atoms with Crippen LogP contribution in [0.25, 0.3) is 0 Å². The van der Waals surface area contributed by atoms with Gasteiger partial charge in [0.05, 0.1) is 19.1 Å². The number of aromatic nitrogens is 1. The van der Waals surface area contributed by atoms with Crippen molar-refractivity contribution in [1.82, 2.24) is 10.3 Å². The summed E-state index contributed by atoms with van der Waals surface area (Å²) in [5.41, 5.74) is 6.63. The standard InChI is InChI=1S/C15H23N3O2/c16-12-4-6-14(7-5-12)20-10-9-18-15(19)11-13-3-1-2-8-17-13/h1-3,8,12,14H,4-7,9-11,16H2,(H,18,19).